The number of rotatable bonds is 0. The van der Waals surface area contributed by atoms with Crippen molar-refractivity contribution < 1.29 is 9.08 Å². The summed E-state index contributed by atoms with van der Waals surface area (Å²) in [5.41, 5.74) is 0. The molecule has 38 valence electrons. The molecule has 0 rings (SSSR count). The molecule has 0 spiro atoms. The second kappa shape index (κ2) is 4.72. The van der Waals surface area contributed by atoms with Gasteiger partial charge in [0.05, 0.1) is 0 Å². The summed E-state index contributed by atoms with van der Waals surface area (Å²) in [5.74, 6) is -0.480. The van der Waals surface area contributed by atoms with E-state index >= 15 is 0 Å². The van der Waals surface area contributed by atoms with Crippen molar-refractivity contribution in [2.45, 2.75) is 6.92 Å². The lowest BCUT2D eigenvalue weighted by Crippen LogP contribution is -1.82. The van der Waals surface area contributed by atoms with Crippen molar-refractivity contribution in [1.29, 1.82) is 0 Å². The van der Waals surface area contributed by atoms with E-state index in [1.165, 1.54) is 6.92 Å². The standard InChI is InChI=1S/C2H3ClO2.H3N/c1-2(4)5-3;/h1H3;1H3. The molecule has 0 unspecified atom stereocenters. The molecule has 3 N–H and O–H groups in total. The molecular formula is C2H6ClNO2. The number of carbonyl (C=O) groups is 1. The lowest BCUT2D eigenvalue weighted by atomic mass is 10.9. The Morgan fingerprint density at radius 2 is 2.00 bits per heavy atom. The molecule has 0 radical (unpaired) electrons. The maximum absolute atomic E-state index is 9.46. The molecular weight excluding hydrogens is 105 g/mol. The van der Waals surface area contributed by atoms with Crippen molar-refractivity contribution in [3.8, 4) is 0 Å². The molecule has 0 atom stereocenters. The van der Waals surface area contributed by atoms with Crippen LogP contribution < -0.4 is 6.15 Å². The molecule has 6 heavy (non-hydrogen) atoms. The van der Waals surface area contributed by atoms with Gasteiger partial charge in [-0.15, -0.1) is 0 Å². The first kappa shape index (κ1) is 9.21. The van der Waals surface area contributed by atoms with Crippen LogP contribution in [0, 0.1) is 0 Å². The van der Waals surface area contributed by atoms with Crippen molar-refractivity contribution in [2.75, 3.05) is 0 Å². The third kappa shape index (κ3) is 9.30. The molecule has 0 saturated carbocycles. The maximum atomic E-state index is 9.46. The molecule has 0 aliphatic carbocycles. The summed E-state index contributed by atoms with van der Waals surface area (Å²) in [6, 6.07) is 0. The fourth-order valence-electron chi connectivity index (χ4n) is 0. The van der Waals surface area contributed by atoms with Gasteiger partial charge in [0.25, 0.3) is 0 Å². The average molecular weight is 112 g/mol. The van der Waals surface area contributed by atoms with E-state index in [1.807, 2.05) is 0 Å². The van der Waals surface area contributed by atoms with E-state index in [4.69, 9.17) is 0 Å². The summed E-state index contributed by atoms with van der Waals surface area (Å²) < 4.78 is 3.58. The van der Waals surface area contributed by atoms with Gasteiger partial charge in [-0.1, -0.05) is 0 Å². The summed E-state index contributed by atoms with van der Waals surface area (Å²) in [5, 5.41) is 0. The summed E-state index contributed by atoms with van der Waals surface area (Å²) in [6.07, 6.45) is 0. The fourth-order valence-corrected chi connectivity index (χ4v) is 0. The van der Waals surface area contributed by atoms with E-state index in [0.29, 0.717) is 0 Å². The first-order valence-electron chi connectivity index (χ1n) is 1.06. The molecule has 0 bridgehead atoms. The molecule has 0 aliphatic rings. The van der Waals surface area contributed by atoms with Gasteiger partial charge >= 0.3 is 5.97 Å². The minimum Gasteiger partial charge on any atom is -0.348 e. The highest BCUT2D eigenvalue weighted by Gasteiger charge is 1.79. The summed E-state index contributed by atoms with van der Waals surface area (Å²) >= 11 is 4.49. The smallest absolute Gasteiger partial charge is 0.321 e. The zero-order valence-electron chi connectivity index (χ0n) is 3.40. The quantitative estimate of drug-likeness (QED) is 0.505. The maximum Gasteiger partial charge on any atom is 0.321 e. The Balaban J connectivity index is 0. The number of halogens is 1. The normalized spacial score (nSPS) is 5.67. The molecule has 0 aromatic heterocycles. The first-order valence-corrected chi connectivity index (χ1v) is 1.37. The molecule has 0 aliphatic heterocycles. The Kier molecular flexibility index (Phi) is 7.24. The summed E-state index contributed by atoms with van der Waals surface area (Å²) in [7, 11) is 0. The van der Waals surface area contributed by atoms with Crippen LogP contribution in [-0.4, -0.2) is 5.97 Å². The van der Waals surface area contributed by atoms with Crippen molar-refractivity contribution >= 4 is 17.8 Å². The van der Waals surface area contributed by atoms with Crippen LogP contribution >= 0.6 is 11.9 Å². The zero-order chi connectivity index (χ0) is 4.28. The van der Waals surface area contributed by atoms with Gasteiger partial charge in [-0.25, -0.2) is 0 Å². The fraction of sp³-hybridized carbons (Fsp3) is 0.500. The van der Waals surface area contributed by atoms with Gasteiger partial charge < -0.3 is 10.4 Å². The SMILES string of the molecule is CC(=O)OCl.N. The second-order valence-electron chi connectivity index (χ2n) is 0.569. The Morgan fingerprint density at radius 1 is 1.83 bits per heavy atom. The molecule has 3 nitrogen and oxygen atoms in total. The predicted octanol–water partition coefficient (Wildman–Crippen LogP) is 0.865. The molecule has 0 saturated heterocycles. The van der Waals surface area contributed by atoms with Gasteiger partial charge in [-0.3, -0.25) is 4.79 Å². The number of carbonyl (C=O) groups excluding carboxylic acids is 1. The molecule has 0 aromatic rings. The van der Waals surface area contributed by atoms with Crippen LogP contribution in [0.1, 0.15) is 6.92 Å². The van der Waals surface area contributed by atoms with Gasteiger partial charge in [0.15, 0.2) is 0 Å². The molecule has 4 heteroatoms. The highest BCUT2D eigenvalue weighted by molar-refractivity contribution is 6.12. The van der Waals surface area contributed by atoms with Crippen LogP contribution in [0.4, 0.5) is 0 Å². The van der Waals surface area contributed by atoms with E-state index in [1.54, 1.807) is 0 Å². The van der Waals surface area contributed by atoms with Crippen molar-refractivity contribution in [3.63, 3.8) is 0 Å². The molecule has 0 fully saturated rings. The predicted molar refractivity (Wildman–Crippen MR) is 22.6 cm³/mol. The van der Waals surface area contributed by atoms with Crippen LogP contribution in [0.25, 0.3) is 0 Å². The largest absolute Gasteiger partial charge is 0.348 e. The minimum absolute atomic E-state index is 0. The monoisotopic (exact) mass is 111 g/mol. The van der Waals surface area contributed by atoms with E-state index in [0.717, 1.165) is 0 Å². The number of hydrogen-bond donors (Lipinski definition) is 1. The van der Waals surface area contributed by atoms with E-state index < -0.39 is 5.97 Å². The highest BCUT2D eigenvalue weighted by Crippen LogP contribution is 1.75. The van der Waals surface area contributed by atoms with Gasteiger partial charge in [-0.05, 0) is 0 Å². The lowest BCUT2D eigenvalue weighted by molar-refractivity contribution is -0.131. The van der Waals surface area contributed by atoms with Crippen molar-refractivity contribution in [3.05, 3.63) is 0 Å². The zero-order valence-corrected chi connectivity index (χ0v) is 4.16. The average Bonchev–Trinajstić information content (AvgIpc) is 1.38. The van der Waals surface area contributed by atoms with Crippen molar-refractivity contribution in [1.82, 2.24) is 6.15 Å². The topological polar surface area (TPSA) is 61.3 Å². The minimum atomic E-state index is -0.480. The Labute approximate surface area is 41.0 Å². The molecule has 0 aromatic carbocycles. The first-order chi connectivity index (χ1) is 2.27. The Bertz CT molecular complexity index is 46.8. The van der Waals surface area contributed by atoms with Crippen LogP contribution in [0.2, 0.25) is 0 Å². The summed E-state index contributed by atoms with van der Waals surface area (Å²) in [4.78, 5) is 9.46. The van der Waals surface area contributed by atoms with Crippen LogP contribution in [0.5, 0.6) is 0 Å². The third-order valence-corrected chi connectivity index (χ3v) is 0.326. The highest BCUT2D eigenvalue weighted by atomic mass is 35.5. The van der Waals surface area contributed by atoms with E-state index in [9.17, 15) is 4.79 Å². The second-order valence-corrected chi connectivity index (χ2v) is 0.723. The van der Waals surface area contributed by atoms with Crippen LogP contribution in [-0.2, 0) is 9.08 Å². The Morgan fingerprint density at radius 3 is 2.00 bits per heavy atom. The lowest BCUT2D eigenvalue weighted by Gasteiger charge is -1.74. The van der Waals surface area contributed by atoms with E-state index in [-0.39, 0.29) is 6.15 Å². The molecule has 0 amide bonds. The molecule has 0 heterocycles. The third-order valence-electron chi connectivity index (χ3n) is 0.109. The van der Waals surface area contributed by atoms with Gasteiger partial charge in [0.2, 0.25) is 0 Å². The van der Waals surface area contributed by atoms with Crippen LogP contribution in [0.15, 0.2) is 0 Å². The van der Waals surface area contributed by atoms with E-state index in [2.05, 4.69) is 16.2 Å². The summed E-state index contributed by atoms with van der Waals surface area (Å²) in [6.45, 7) is 1.23. The van der Waals surface area contributed by atoms with Crippen LogP contribution in [0.3, 0.4) is 0 Å². The van der Waals surface area contributed by atoms with Gasteiger partial charge in [-0.2, -0.15) is 0 Å². The Hall–Kier alpha value is -0.280. The van der Waals surface area contributed by atoms with Gasteiger partial charge in [0.1, 0.15) is 11.9 Å². The van der Waals surface area contributed by atoms with Crippen molar-refractivity contribution in [2.24, 2.45) is 0 Å². The number of hydrogen-bond acceptors (Lipinski definition) is 3. The van der Waals surface area contributed by atoms with Gasteiger partial charge in [0, 0.05) is 6.92 Å².